The number of benzene rings is 1. The number of rotatable bonds is 5. The maximum atomic E-state index is 13.5. The largest absolute Gasteiger partial charge is 0.454 e. The van der Waals surface area contributed by atoms with Crippen LogP contribution in [0.2, 0.25) is 0 Å². The first-order valence-electron chi connectivity index (χ1n) is 8.27. The molecule has 0 bridgehead atoms. The minimum atomic E-state index is -0.973. The molecule has 2 aliphatic rings. The Balaban J connectivity index is 1.50. The van der Waals surface area contributed by atoms with Crippen molar-refractivity contribution >= 4 is 29.4 Å². The van der Waals surface area contributed by atoms with E-state index in [2.05, 4.69) is 5.32 Å². The highest BCUT2D eigenvalue weighted by Crippen LogP contribution is 2.34. The standard InChI is InChI=1S/C18H16F2N2O5/c19-10-5-6-14(13(20)7-10)21-15(23)9-27-16(24)8-22-17(25)11-3-1-2-4-12(11)18(22)26/h1-2,5-7,11-12H,3-4,8-9H2,(H,21,23)/t11-,12-/m1/s1. The Morgan fingerprint density at radius 3 is 2.33 bits per heavy atom. The van der Waals surface area contributed by atoms with Gasteiger partial charge in [-0.25, -0.2) is 8.78 Å². The average Bonchev–Trinajstić information content (AvgIpc) is 2.88. The first kappa shape index (κ1) is 18.7. The molecule has 0 aromatic heterocycles. The Bertz CT molecular complexity index is 813. The van der Waals surface area contributed by atoms with E-state index < -0.39 is 60.3 Å². The van der Waals surface area contributed by atoms with Crippen LogP contribution in [0.25, 0.3) is 0 Å². The number of nitrogens with zero attached hydrogens (tertiary/aromatic N) is 1. The minimum Gasteiger partial charge on any atom is -0.454 e. The number of esters is 1. The number of anilines is 1. The van der Waals surface area contributed by atoms with Crippen molar-refractivity contribution in [3.05, 3.63) is 42.0 Å². The number of nitrogens with one attached hydrogen (secondary N) is 1. The van der Waals surface area contributed by atoms with Gasteiger partial charge in [0.15, 0.2) is 6.61 Å². The lowest BCUT2D eigenvalue weighted by molar-refractivity contribution is -0.154. The normalized spacial score (nSPS) is 21.2. The smallest absolute Gasteiger partial charge is 0.326 e. The van der Waals surface area contributed by atoms with E-state index in [1.54, 1.807) is 0 Å². The predicted octanol–water partition coefficient (Wildman–Crippen LogP) is 1.40. The number of hydrogen-bond acceptors (Lipinski definition) is 5. The molecule has 0 spiro atoms. The highest BCUT2D eigenvalue weighted by Gasteiger charge is 2.47. The molecule has 3 amide bonds. The lowest BCUT2D eigenvalue weighted by atomic mass is 9.85. The van der Waals surface area contributed by atoms with Gasteiger partial charge in [-0.1, -0.05) is 12.2 Å². The first-order chi connectivity index (χ1) is 12.9. The molecule has 1 aliphatic heterocycles. The average molecular weight is 378 g/mol. The second kappa shape index (κ2) is 7.65. The number of carbonyl (C=O) groups is 4. The number of allylic oxidation sites excluding steroid dienone is 2. The molecule has 1 saturated heterocycles. The molecule has 0 radical (unpaired) electrons. The fourth-order valence-electron chi connectivity index (χ4n) is 3.12. The number of fused-ring (bicyclic) bond motifs is 1. The molecule has 1 aliphatic carbocycles. The molecular formula is C18H16F2N2O5. The maximum absolute atomic E-state index is 13.5. The summed E-state index contributed by atoms with van der Waals surface area (Å²) in [6.45, 7) is -1.32. The molecule has 1 aromatic rings. The third-order valence-corrected chi connectivity index (χ3v) is 4.46. The van der Waals surface area contributed by atoms with Crippen LogP contribution in [0.3, 0.4) is 0 Å². The fourth-order valence-corrected chi connectivity index (χ4v) is 3.12. The lowest BCUT2D eigenvalue weighted by Crippen LogP contribution is -2.37. The summed E-state index contributed by atoms with van der Waals surface area (Å²) in [7, 11) is 0. The maximum Gasteiger partial charge on any atom is 0.326 e. The number of likely N-dealkylation sites (tertiary alicyclic amines) is 1. The van der Waals surface area contributed by atoms with Crippen LogP contribution in [0.1, 0.15) is 12.8 Å². The molecule has 3 rings (SSSR count). The van der Waals surface area contributed by atoms with E-state index in [1.165, 1.54) is 0 Å². The van der Waals surface area contributed by atoms with Crippen LogP contribution < -0.4 is 5.32 Å². The van der Waals surface area contributed by atoms with Gasteiger partial charge in [0.2, 0.25) is 11.8 Å². The molecular weight excluding hydrogens is 362 g/mol. The third-order valence-electron chi connectivity index (χ3n) is 4.46. The van der Waals surface area contributed by atoms with Gasteiger partial charge in [-0.05, 0) is 25.0 Å². The van der Waals surface area contributed by atoms with Crippen molar-refractivity contribution in [1.29, 1.82) is 0 Å². The number of imide groups is 1. The van der Waals surface area contributed by atoms with E-state index in [4.69, 9.17) is 4.74 Å². The molecule has 9 heteroatoms. The quantitative estimate of drug-likeness (QED) is 0.475. The molecule has 0 saturated carbocycles. The number of halogens is 2. The van der Waals surface area contributed by atoms with Gasteiger partial charge in [-0.3, -0.25) is 24.1 Å². The lowest BCUT2D eigenvalue weighted by Gasteiger charge is -2.14. The number of amides is 3. The van der Waals surface area contributed by atoms with E-state index >= 15 is 0 Å². The third kappa shape index (κ3) is 4.02. The molecule has 0 unspecified atom stereocenters. The summed E-state index contributed by atoms with van der Waals surface area (Å²) in [5.74, 6) is -5.32. The Kier molecular flexibility index (Phi) is 5.29. The van der Waals surface area contributed by atoms with Crippen LogP contribution in [-0.2, 0) is 23.9 Å². The van der Waals surface area contributed by atoms with Gasteiger partial charge in [0, 0.05) is 6.07 Å². The Morgan fingerprint density at radius 1 is 1.11 bits per heavy atom. The number of ether oxygens (including phenoxy) is 1. The molecule has 1 fully saturated rings. The van der Waals surface area contributed by atoms with Gasteiger partial charge in [-0.2, -0.15) is 0 Å². The van der Waals surface area contributed by atoms with E-state index in [-0.39, 0.29) is 5.69 Å². The molecule has 2 atom stereocenters. The van der Waals surface area contributed by atoms with Crippen molar-refractivity contribution in [2.75, 3.05) is 18.5 Å². The van der Waals surface area contributed by atoms with E-state index in [1.807, 2.05) is 12.2 Å². The van der Waals surface area contributed by atoms with Gasteiger partial charge in [0.05, 0.1) is 17.5 Å². The molecule has 27 heavy (non-hydrogen) atoms. The van der Waals surface area contributed by atoms with Crippen molar-refractivity contribution in [2.24, 2.45) is 11.8 Å². The van der Waals surface area contributed by atoms with E-state index in [9.17, 15) is 28.0 Å². The van der Waals surface area contributed by atoms with Gasteiger partial charge in [-0.15, -0.1) is 0 Å². The number of carbonyl (C=O) groups excluding carboxylic acids is 4. The second-order valence-corrected chi connectivity index (χ2v) is 6.25. The van der Waals surface area contributed by atoms with Crippen LogP contribution >= 0.6 is 0 Å². The molecule has 1 heterocycles. The van der Waals surface area contributed by atoms with Crippen LogP contribution in [-0.4, -0.2) is 41.7 Å². The van der Waals surface area contributed by atoms with Crippen molar-refractivity contribution in [3.63, 3.8) is 0 Å². The van der Waals surface area contributed by atoms with Crippen LogP contribution in [0, 0.1) is 23.5 Å². The highest BCUT2D eigenvalue weighted by molar-refractivity contribution is 6.07. The topological polar surface area (TPSA) is 92.8 Å². The summed E-state index contributed by atoms with van der Waals surface area (Å²) in [6.07, 6.45) is 4.55. The van der Waals surface area contributed by atoms with Gasteiger partial charge >= 0.3 is 5.97 Å². The van der Waals surface area contributed by atoms with Gasteiger partial charge < -0.3 is 10.1 Å². The van der Waals surface area contributed by atoms with Crippen LogP contribution in [0.4, 0.5) is 14.5 Å². The van der Waals surface area contributed by atoms with Crippen LogP contribution in [0.15, 0.2) is 30.4 Å². The zero-order chi connectivity index (χ0) is 19.6. The van der Waals surface area contributed by atoms with E-state index in [0.717, 1.165) is 17.0 Å². The summed E-state index contributed by atoms with van der Waals surface area (Å²) < 4.78 is 31.0. The summed E-state index contributed by atoms with van der Waals surface area (Å²) >= 11 is 0. The molecule has 142 valence electrons. The molecule has 7 nitrogen and oxygen atoms in total. The van der Waals surface area contributed by atoms with Crippen LogP contribution in [0.5, 0.6) is 0 Å². The van der Waals surface area contributed by atoms with E-state index in [0.29, 0.717) is 18.9 Å². The van der Waals surface area contributed by atoms with Crippen molar-refractivity contribution in [1.82, 2.24) is 4.90 Å². The Hall–Kier alpha value is -3.10. The van der Waals surface area contributed by atoms with Gasteiger partial charge in [0.1, 0.15) is 18.2 Å². The summed E-state index contributed by atoms with van der Waals surface area (Å²) in [6, 6.07) is 2.59. The Morgan fingerprint density at radius 2 is 1.74 bits per heavy atom. The second-order valence-electron chi connectivity index (χ2n) is 6.25. The first-order valence-corrected chi connectivity index (χ1v) is 8.27. The summed E-state index contributed by atoms with van der Waals surface area (Å²) in [4.78, 5) is 48.9. The number of hydrogen-bond donors (Lipinski definition) is 1. The SMILES string of the molecule is O=C(COC(=O)CN1C(=O)[C@@H]2CC=CC[C@H]2C1=O)Nc1ccc(F)cc1F. The molecule has 1 N–H and O–H groups in total. The van der Waals surface area contributed by atoms with Gasteiger partial charge in [0.25, 0.3) is 5.91 Å². The highest BCUT2D eigenvalue weighted by atomic mass is 19.1. The molecule has 1 aromatic carbocycles. The predicted molar refractivity (Wildman–Crippen MR) is 88.0 cm³/mol. The zero-order valence-corrected chi connectivity index (χ0v) is 14.1. The zero-order valence-electron chi connectivity index (χ0n) is 14.1. The van der Waals surface area contributed by atoms with Crippen molar-refractivity contribution in [3.8, 4) is 0 Å². The fraction of sp³-hybridized carbons (Fsp3) is 0.333. The summed E-state index contributed by atoms with van der Waals surface area (Å²) in [5.41, 5.74) is -0.265. The summed E-state index contributed by atoms with van der Waals surface area (Å²) in [5, 5.41) is 2.13. The Labute approximate surface area is 153 Å². The van der Waals surface area contributed by atoms with Crippen molar-refractivity contribution < 1.29 is 32.7 Å². The van der Waals surface area contributed by atoms with Crippen molar-refractivity contribution in [2.45, 2.75) is 12.8 Å². The monoisotopic (exact) mass is 378 g/mol. The minimum absolute atomic E-state index is 0.265.